The van der Waals surface area contributed by atoms with Crippen molar-refractivity contribution in [1.29, 1.82) is 0 Å². The van der Waals surface area contributed by atoms with Gasteiger partial charge in [-0.05, 0) is 43.7 Å². The number of fused-ring (bicyclic) bond motifs is 1. The van der Waals surface area contributed by atoms with Crippen molar-refractivity contribution >= 4 is 17.4 Å². The molecule has 0 bridgehead atoms. The molecule has 0 saturated carbocycles. The molecule has 2 heterocycles. The number of hydrogen-bond donors (Lipinski definition) is 1. The van der Waals surface area contributed by atoms with E-state index in [0.717, 1.165) is 11.3 Å². The van der Waals surface area contributed by atoms with Crippen LogP contribution in [0.1, 0.15) is 36.6 Å². The van der Waals surface area contributed by atoms with Gasteiger partial charge in [-0.15, -0.1) is 0 Å². The molecule has 1 unspecified atom stereocenters. The number of aliphatic hydroxyl groups is 1. The predicted molar refractivity (Wildman–Crippen MR) is 112 cm³/mol. The van der Waals surface area contributed by atoms with E-state index in [1.165, 1.54) is 23.1 Å². The molecule has 2 aliphatic heterocycles. The van der Waals surface area contributed by atoms with Crippen LogP contribution in [-0.4, -0.2) is 47.6 Å². The average molecular weight is 425 g/mol. The highest BCUT2D eigenvalue weighted by Gasteiger charge is 2.46. The molecule has 0 radical (unpaired) electrons. The second-order valence-electron chi connectivity index (χ2n) is 7.85. The number of likely N-dealkylation sites (tertiary alicyclic amines) is 1. The van der Waals surface area contributed by atoms with Crippen molar-refractivity contribution in [1.82, 2.24) is 4.90 Å². The second-order valence-corrected chi connectivity index (χ2v) is 7.85. The maximum atomic E-state index is 14.7. The summed E-state index contributed by atoms with van der Waals surface area (Å²) in [5.41, 5.74) is 1.32. The minimum Gasteiger partial charge on any atom is -0.507 e. The van der Waals surface area contributed by atoms with E-state index in [1.54, 1.807) is 24.3 Å². The Hall–Kier alpha value is -3.19. The van der Waals surface area contributed by atoms with Crippen molar-refractivity contribution in [2.24, 2.45) is 0 Å². The average Bonchev–Trinajstić information content (AvgIpc) is 3.31. The lowest BCUT2D eigenvalue weighted by Crippen LogP contribution is -2.33. The Balaban J connectivity index is 1.80. The van der Waals surface area contributed by atoms with Crippen LogP contribution in [0, 0.1) is 5.82 Å². The highest BCUT2D eigenvalue weighted by molar-refractivity contribution is 6.46. The fraction of sp³-hybridized carbons (Fsp3) is 0.333. The fourth-order valence-electron chi connectivity index (χ4n) is 4.01. The number of Topliss-reactive ketones (excluding diaryl/α,β-unsaturated/α-hetero) is 1. The van der Waals surface area contributed by atoms with E-state index in [-0.39, 0.29) is 36.2 Å². The fourth-order valence-corrected chi connectivity index (χ4v) is 4.01. The monoisotopic (exact) mass is 425 g/mol. The minimum absolute atomic E-state index is 0.0580. The Morgan fingerprint density at radius 2 is 2.03 bits per heavy atom. The first-order valence-electron chi connectivity index (χ1n) is 10.3. The molecule has 0 spiro atoms. The number of benzene rings is 2. The molecule has 1 amide bonds. The van der Waals surface area contributed by atoms with E-state index in [2.05, 4.69) is 0 Å². The molecule has 1 saturated heterocycles. The SMILES string of the molecule is CC(C)OCCN1C(=O)C(=O)/C(=C(/O)c2ccc3c(c2)CCO3)C1c1ccccc1F. The van der Waals surface area contributed by atoms with Gasteiger partial charge >= 0.3 is 0 Å². The summed E-state index contributed by atoms with van der Waals surface area (Å²) in [5, 5.41) is 11.1. The standard InChI is InChI=1S/C24H24FNO5/c1-14(2)30-12-10-26-21(17-5-3-4-6-18(17)25)20(23(28)24(26)29)22(27)16-7-8-19-15(13-16)9-11-31-19/h3-8,13-14,21,27H,9-12H2,1-2H3/b22-20+. The van der Waals surface area contributed by atoms with Crippen LogP contribution in [-0.2, 0) is 20.7 Å². The molecule has 6 nitrogen and oxygen atoms in total. The highest BCUT2D eigenvalue weighted by atomic mass is 19.1. The van der Waals surface area contributed by atoms with Crippen LogP contribution in [0.5, 0.6) is 5.75 Å². The van der Waals surface area contributed by atoms with Crippen molar-refractivity contribution in [3.63, 3.8) is 0 Å². The highest BCUT2D eigenvalue weighted by Crippen LogP contribution is 2.40. The van der Waals surface area contributed by atoms with E-state index < -0.39 is 23.5 Å². The zero-order chi connectivity index (χ0) is 22.1. The number of carbonyl (C=O) groups is 2. The molecule has 2 aromatic rings. The summed E-state index contributed by atoms with van der Waals surface area (Å²) in [5.74, 6) is -1.78. The summed E-state index contributed by atoms with van der Waals surface area (Å²) >= 11 is 0. The van der Waals surface area contributed by atoms with E-state index in [4.69, 9.17) is 9.47 Å². The Morgan fingerprint density at radius 1 is 1.26 bits per heavy atom. The zero-order valence-electron chi connectivity index (χ0n) is 17.4. The van der Waals surface area contributed by atoms with Crippen LogP contribution < -0.4 is 4.74 Å². The molecular weight excluding hydrogens is 401 g/mol. The van der Waals surface area contributed by atoms with E-state index in [0.29, 0.717) is 18.6 Å². The van der Waals surface area contributed by atoms with Crippen LogP contribution in [0.4, 0.5) is 4.39 Å². The number of carbonyl (C=O) groups excluding carboxylic acids is 2. The van der Waals surface area contributed by atoms with E-state index >= 15 is 0 Å². The molecule has 2 aromatic carbocycles. The van der Waals surface area contributed by atoms with Crippen LogP contribution in [0.25, 0.3) is 5.76 Å². The number of halogens is 1. The molecule has 1 N–H and O–H groups in total. The van der Waals surface area contributed by atoms with E-state index in [9.17, 15) is 19.1 Å². The predicted octanol–water partition coefficient (Wildman–Crippen LogP) is 3.61. The van der Waals surface area contributed by atoms with Crippen molar-refractivity contribution in [2.75, 3.05) is 19.8 Å². The van der Waals surface area contributed by atoms with Gasteiger partial charge in [-0.2, -0.15) is 0 Å². The van der Waals surface area contributed by atoms with Gasteiger partial charge in [0, 0.05) is 24.1 Å². The third kappa shape index (κ3) is 3.93. The Bertz CT molecular complexity index is 1060. The third-order valence-corrected chi connectivity index (χ3v) is 5.49. The number of hydrogen-bond acceptors (Lipinski definition) is 5. The molecular formula is C24H24FNO5. The van der Waals surface area contributed by atoms with Gasteiger partial charge in [0.25, 0.3) is 11.7 Å². The van der Waals surface area contributed by atoms with Crippen molar-refractivity contribution in [3.05, 3.63) is 70.5 Å². The lowest BCUT2D eigenvalue weighted by molar-refractivity contribution is -0.140. The van der Waals surface area contributed by atoms with E-state index in [1.807, 2.05) is 13.8 Å². The summed E-state index contributed by atoms with van der Waals surface area (Å²) in [6.45, 7) is 4.55. The topological polar surface area (TPSA) is 76.1 Å². The second kappa shape index (κ2) is 8.51. The van der Waals surface area contributed by atoms with Crippen molar-refractivity contribution in [3.8, 4) is 5.75 Å². The van der Waals surface area contributed by atoms with Crippen LogP contribution in [0.15, 0.2) is 48.0 Å². The first-order valence-corrected chi connectivity index (χ1v) is 10.3. The molecule has 7 heteroatoms. The molecule has 2 aliphatic rings. The van der Waals surface area contributed by atoms with Gasteiger partial charge < -0.3 is 19.5 Å². The Morgan fingerprint density at radius 3 is 2.77 bits per heavy atom. The number of ketones is 1. The van der Waals surface area contributed by atoms with Crippen LogP contribution in [0.2, 0.25) is 0 Å². The summed E-state index contributed by atoms with van der Waals surface area (Å²) < 4.78 is 25.8. The number of ether oxygens (including phenoxy) is 2. The smallest absolute Gasteiger partial charge is 0.295 e. The maximum Gasteiger partial charge on any atom is 0.295 e. The Labute approximate surface area is 179 Å². The summed E-state index contributed by atoms with van der Waals surface area (Å²) in [6, 6.07) is 10.0. The molecule has 4 rings (SSSR count). The van der Waals surface area contributed by atoms with Gasteiger partial charge in [-0.3, -0.25) is 9.59 Å². The quantitative estimate of drug-likeness (QED) is 0.435. The zero-order valence-corrected chi connectivity index (χ0v) is 17.4. The van der Waals surface area contributed by atoms with Crippen LogP contribution in [0.3, 0.4) is 0 Å². The van der Waals surface area contributed by atoms with Gasteiger partial charge in [0.1, 0.15) is 17.3 Å². The summed E-state index contributed by atoms with van der Waals surface area (Å²) in [6.07, 6.45) is 0.631. The number of aliphatic hydroxyl groups excluding tert-OH is 1. The van der Waals surface area contributed by atoms with Gasteiger partial charge in [-0.25, -0.2) is 4.39 Å². The number of rotatable bonds is 6. The van der Waals surface area contributed by atoms with Gasteiger partial charge in [0.2, 0.25) is 0 Å². The van der Waals surface area contributed by atoms with Gasteiger partial charge in [-0.1, -0.05) is 18.2 Å². The van der Waals surface area contributed by atoms with Crippen molar-refractivity contribution in [2.45, 2.75) is 32.4 Å². The lowest BCUT2D eigenvalue weighted by Gasteiger charge is -2.26. The normalized spacial score (nSPS) is 19.7. The lowest BCUT2D eigenvalue weighted by atomic mass is 9.94. The molecule has 162 valence electrons. The van der Waals surface area contributed by atoms with Gasteiger partial charge in [0.05, 0.1) is 30.9 Å². The van der Waals surface area contributed by atoms with Crippen LogP contribution >= 0.6 is 0 Å². The van der Waals surface area contributed by atoms with Crippen molar-refractivity contribution < 1.29 is 28.6 Å². The summed E-state index contributed by atoms with van der Waals surface area (Å²) in [4.78, 5) is 27.1. The maximum absolute atomic E-state index is 14.7. The van der Waals surface area contributed by atoms with Gasteiger partial charge in [0.15, 0.2) is 0 Å². The first-order chi connectivity index (χ1) is 14.9. The molecule has 0 aromatic heterocycles. The minimum atomic E-state index is -1.04. The molecule has 1 atom stereocenters. The third-order valence-electron chi connectivity index (χ3n) is 5.49. The largest absolute Gasteiger partial charge is 0.507 e. The Kier molecular flexibility index (Phi) is 5.78. The molecule has 31 heavy (non-hydrogen) atoms. The number of amides is 1. The molecule has 1 fully saturated rings. The number of nitrogens with zero attached hydrogens (tertiary/aromatic N) is 1. The molecule has 0 aliphatic carbocycles. The summed E-state index contributed by atoms with van der Waals surface area (Å²) in [7, 11) is 0. The first kappa shape index (κ1) is 21.1.